The van der Waals surface area contributed by atoms with Crippen LogP contribution in [0.1, 0.15) is 50.7 Å². The second-order valence-corrected chi connectivity index (χ2v) is 6.24. The lowest BCUT2D eigenvalue weighted by Gasteiger charge is -2.41. The van der Waals surface area contributed by atoms with Crippen molar-refractivity contribution >= 4 is 6.08 Å². The highest BCUT2D eigenvalue weighted by atomic mass is 16.5. The third kappa shape index (κ3) is 1.98. The minimum atomic E-state index is -0.374. The summed E-state index contributed by atoms with van der Waals surface area (Å²) in [6, 6.07) is 6.22. The van der Waals surface area contributed by atoms with E-state index in [4.69, 9.17) is 4.74 Å². The normalized spacial score (nSPS) is 22.4. The van der Waals surface area contributed by atoms with Crippen molar-refractivity contribution in [3.8, 4) is 5.75 Å². The molecule has 1 heterocycles. The Morgan fingerprint density at radius 1 is 1.26 bits per heavy atom. The quantitative estimate of drug-likeness (QED) is 0.600. The Kier molecular flexibility index (Phi) is 2.75. The number of rotatable bonds is 2. The molecule has 0 atom stereocenters. The van der Waals surface area contributed by atoms with Crippen LogP contribution in [0.15, 0.2) is 23.2 Å². The second-order valence-electron chi connectivity index (χ2n) is 6.24. The van der Waals surface area contributed by atoms with E-state index in [2.05, 4.69) is 37.0 Å². The zero-order valence-corrected chi connectivity index (χ0v) is 11.5. The second kappa shape index (κ2) is 4.21. The van der Waals surface area contributed by atoms with Crippen LogP contribution in [0, 0.1) is 0 Å². The molecular weight excluding hydrogens is 238 g/mol. The first kappa shape index (κ1) is 12.4. The topological polar surface area (TPSA) is 38.7 Å². The number of para-hydroxylation sites is 1. The SMILES string of the molecule is CC1(C)CCc2cccc(C3(N=C=O)CCC3)c2O1. The van der Waals surface area contributed by atoms with E-state index in [-0.39, 0.29) is 11.1 Å². The van der Waals surface area contributed by atoms with Crippen molar-refractivity contribution in [3.63, 3.8) is 0 Å². The number of ether oxygens (including phenoxy) is 1. The molecule has 1 aromatic rings. The summed E-state index contributed by atoms with van der Waals surface area (Å²) < 4.78 is 6.19. The highest BCUT2D eigenvalue weighted by molar-refractivity contribution is 5.50. The van der Waals surface area contributed by atoms with E-state index < -0.39 is 0 Å². The van der Waals surface area contributed by atoms with Gasteiger partial charge in [0, 0.05) is 5.56 Å². The first-order chi connectivity index (χ1) is 9.06. The van der Waals surface area contributed by atoms with Crippen molar-refractivity contribution in [1.82, 2.24) is 0 Å². The zero-order chi connectivity index (χ0) is 13.5. The van der Waals surface area contributed by atoms with Gasteiger partial charge in [0.25, 0.3) is 0 Å². The Labute approximate surface area is 113 Å². The molecule has 3 nitrogen and oxygen atoms in total. The molecule has 0 unspecified atom stereocenters. The van der Waals surface area contributed by atoms with Gasteiger partial charge in [-0.2, -0.15) is 4.99 Å². The maximum absolute atomic E-state index is 10.7. The summed E-state index contributed by atoms with van der Waals surface area (Å²) in [5.74, 6) is 0.956. The summed E-state index contributed by atoms with van der Waals surface area (Å²) in [5, 5.41) is 0. The number of hydrogen-bond donors (Lipinski definition) is 0. The monoisotopic (exact) mass is 257 g/mol. The highest BCUT2D eigenvalue weighted by Crippen LogP contribution is 2.50. The molecule has 0 bridgehead atoms. The van der Waals surface area contributed by atoms with Gasteiger partial charge < -0.3 is 4.74 Å². The maximum atomic E-state index is 10.7. The van der Waals surface area contributed by atoms with Crippen LogP contribution in [0.25, 0.3) is 0 Å². The van der Waals surface area contributed by atoms with Crippen molar-refractivity contribution in [3.05, 3.63) is 29.3 Å². The first-order valence-corrected chi connectivity index (χ1v) is 6.97. The minimum absolute atomic E-state index is 0.140. The summed E-state index contributed by atoms with van der Waals surface area (Å²) in [6.45, 7) is 4.23. The van der Waals surface area contributed by atoms with Crippen LogP contribution in [0.4, 0.5) is 0 Å². The number of nitrogens with zero attached hydrogens (tertiary/aromatic N) is 1. The van der Waals surface area contributed by atoms with E-state index in [0.29, 0.717) is 0 Å². The van der Waals surface area contributed by atoms with E-state index in [9.17, 15) is 4.79 Å². The smallest absolute Gasteiger partial charge is 0.235 e. The lowest BCUT2D eigenvalue weighted by molar-refractivity contribution is 0.0789. The van der Waals surface area contributed by atoms with Crippen LogP contribution < -0.4 is 4.74 Å². The van der Waals surface area contributed by atoms with Gasteiger partial charge in [-0.25, -0.2) is 4.79 Å². The lowest BCUT2D eigenvalue weighted by Crippen LogP contribution is -2.37. The van der Waals surface area contributed by atoms with Crippen LogP contribution in [0.5, 0.6) is 5.75 Å². The van der Waals surface area contributed by atoms with Gasteiger partial charge in [0.1, 0.15) is 16.9 Å². The fourth-order valence-corrected chi connectivity index (χ4v) is 3.07. The summed E-state index contributed by atoms with van der Waals surface area (Å²) in [5.41, 5.74) is 1.80. The first-order valence-electron chi connectivity index (χ1n) is 6.97. The van der Waals surface area contributed by atoms with Crippen molar-refractivity contribution in [2.75, 3.05) is 0 Å². The van der Waals surface area contributed by atoms with Crippen molar-refractivity contribution in [1.29, 1.82) is 0 Å². The molecule has 0 saturated heterocycles. The molecule has 1 saturated carbocycles. The Bertz CT molecular complexity index is 552. The third-order valence-corrected chi connectivity index (χ3v) is 4.41. The molecule has 100 valence electrons. The lowest BCUT2D eigenvalue weighted by atomic mass is 9.71. The molecule has 2 aliphatic rings. The summed E-state index contributed by atoms with van der Waals surface area (Å²) in [4.78, 5) is 14.9. The van der Waals surface area contributed by atoms with Gasteiger partial charge in [-0.05, 0) is 51.5 Å². The number of benzene rings is 1. The molecule has 0 spiro atoms. The molecule has 0 N–H and O–H groups in total. The molecular formula is C16H19NO2. The van der Waals surface area contributed by atoms with Gasteiger partial charge in [0.2, 0.25) is 6.08 Å². The van der Waals surface area contributed by atoms with Gasteiger partial charge in [0.05, 0.1) is 0 Å². The number of fused-ring (bicyclic) bond motifs is 1. The van der Waals surface area contributed by atoms with E-state index >= 15 is 0 Å². The van der Waals surface area contributed by atoms with Gasteiger partial charge >= 0.3 is 0 Å². The standard InChI is InChI=1S/C16H19NO2/c1-15(2)10-7-12-5-3-6-13(14(12)19-15)16(17-11-18)8-4-9-16/h3,5-6H,4,7-10H2,1-2H3. The van der Waals surface area contributed by atoms with Crippen LogP contribution >= 0.6 is 0 Å². The van der Waals surface area contributed by atoms with E-state index in [1.54, 1.807) is 6.08 Å². The minimum Gasteiger partial charge on any atom is -0.487 e. The number of hydrogen-bond acceptors (Lipinski definition) is 3. The predicted molar refractivity (Wildman–Crippen MR) is 73.1 cm³/mol. The van der Waals surface area contributed by atoms with Crippen LogP contribution in [-0.4, -0.2) is 11.7 Å². The van der Waals surface area contributed by atoms with E-state index in [1.165, 1.54) is 5.56 Å². The average molecular weight is 257 g/mol. The largest absolute Gasteiger partial charge is 0.487 e. The van der Waals surface area contributed by atoms with Crippen LogP contribution in [-0.2, 0) is 16.8 Å². The predicted octanol–water partition coefficient (Wildman–Crippen LogP) is 3.51. The van der Waals surface area contributed by atoms with E-state index in [0.717, 1.165) is 43.4 Å². The average Bonchev–Trinajstić information content (AvgIpc) is 2.32. The van der Waals surface area contributed by atoms with Gasteiger partial charge in [-0.3, -0.25) is 0 Å². The molecule has 3 heteroatoms. The highest BCUT2D eigenvalue weighted by Gasteiger charge is 2.43. The van der Waals surface area contributed by atoms with Gasteiger partial charge in [-0.15, -0.1) is 0 Å². The van der Waals surface area contributed by atoms with Gasteiger partial charge in [-0.1, -0.05) is 18.2 Å². The Hall–Kier alpha value is -1.60. The number of aryl methyl sites for hydroxylation is 1. The zero-order valence-electron chi connectivity index (χ0n) is 11.5. The summed E-state index contributed by atoms with van der Waals surface area (Å²) in [6.07, 6.45) is 6.75. The molecule has 1 aliphatic carbocycles. The summed E-state index contributed by atoms with van der Waals surface area (Å²) in [7, 11) is 0. The van der Waals surface area contributed by atoms with Crippen molar-refractivity contribution in [2.45, 2.75) is 57.1 Å². The summed E-state index contributed by atoms with van der Waals surface area (Å²) >= 11 is 0. The number of carbonyl (C=O) groups excluding carboxylic acids is 1. The van der Waals surface area contributed by atoms with Crippen molar-refractivity contribution in [2.24, 2.45) is 4.99 Å². The molecule has 0 radical (unpaired) electrons. The fraction of sp³-hybridized carbons (Fsp3) is 0.562. The number of aliphatic imine (C=N–C) groups is 1. The Morgan fingerprint density at radius 3 is 2.68 bits per heavy atom. The Balaban J connectivity index is 2.10. The molecule has 1 aromatic carbocycles. The fourth-order valence-electron chi connectivity index (χ4n) is 3.07. The molecule has 3 rings (SSSR count). The third-order valence-electron chi connectivity index (χ3n) is 4.41. The van der Waals surface area contributed by atoms with Crippen LogP contribution in [0.2, 0.25) is 0 Å². The molecule has 19 heavy (non-hydrogen) atoms. The van der Waals surface area contributed by atoms with Crippen molar-refractivity contribution < 1.29 is 9.53 Å². The van der Waals surface area contributed by atoms with Gasteiger partial charge in [0.15, 0.2) is 0 Å². The Morgan fingerprint density at radius 2 is 2.05 bits per heavy atom. The molecule has 0 aromatic heterocycles. The number of isocyanates is 1. The maximum Gasteiger partial charge on any atom is 0.235 e. The molecule has 0 amide bonds. The van der Waals surface area contributed by atoms with E-state index in [1.807, 2.05) is 0 Å². The molecule has 1 fully saturated rings. The molecule has 1 aliphatic heterocycles. The van der Waals surface area contributed by atoms with Crippen LogP contribution in [0.3, 0.4) is 0 Å².